The maximum absolute atomic E-state index is 12.3. The van der Waals surface area contributed by atoms with Crippen LogP contribution in [0.25, 0.3) is 0 Å². The van der Waals surface area contributed by atoms with E-state index in [1.807, 2.05) is 0 Å². The van der Waals surface area contributed by atoms with Crippen molar-refractivity contribution in [2.45, 2.75) is 25.6 Å². The van der Waals surface area contributed by atoms with Crippen LogP contribution in [0, 0.1) is 0 Å². The van der Waals surface area contributed by atoms with E-state index in [9.17, 15) is 9.59 Å². The monoisotopic (exact) mass is 290 g/mol. The Balaban J connectivity index is 1.63. The van der Waals surface area contributed by atoms with Crippen molar-refractivity contribution < 1.29 is 19.4 Å². The molecule has 2 aliphatic heterocycles. The van der Waals surface area contributed by atoms with Crippen molar-refractivity contribution in [3.05, 3.63) is 34.9 Å². The summed E-state index contributed by atoms with van der Waals surface area (Å²) in [5, 5.41) is 12.2. The number of amides is 1. The molecule has 2 N–H and O–H groups in total. The van der Waals surface area contributed by atoms with Gasteiger partial charge in [-0.05, 0) is 23.3 Å². The van der Waals surface area contributed by atoms with Crippen molar-refractivity contribution in [2.24, 2.45) is 0 Å². The van der Waals surface area contributed by atoms with E-state index in [1.54, 1.807) is 23.1 Å². The van der Waals surface area contributed by atoms with Gasteiger partial charge in [-0.1, -0.05) is 6.07 Å². The Morgan fingerprint density at radius 1 is 1.33 bits per heavy atom. The molecular formula is C15H18N2O4. The standard InChI is InChI=1S/C15H18N2O4/c18-14(6-13-7-16-3-4-21-13)17-8-11-2-1-10(15(19)20)5-12(11)9-17/h1-2,5,13,16H,3-4,6-9H2,(H,19,20). The summed E-state index contributed by atoms with van der Waals surface area (Å²) < 4.78 is 5.55. The summed E-state index contributed by atoms with van der Waals surface area (Å²) in [6.45, 7) is 3.21. The first-order valence-corrected chi connectivity index (χ1v) is 7.08. The number of carboxylic acid groups (broad SMARTS) is 1. The highest BCUT2D eigenvalue weighted by Crippen LogP contribution is 2.25. The Kier molecular flexibility index (Phi) is 3.90. The average molecular weight is 290 g/mol. The van der Waals surface area contributed by atoms with Gasteiger partial charge in [0.05, 0.1) is 24.7 Å². The zero-order valence-corrected chi connectivity index (χ0v) is 11.7. The number of hydrogen-bond donors (Lipinski definition) is 2. The fourth-order valence-electron chi connectivity index (χ4n) is 2.78. The maximum atomic E-state index is 12.3. The van der Waals surface area contributed by atoms with Crippen LogP contribution < -0.4 is 5.32 Å². The molecule has 2 aliphatic rings. The second kappa shape index (κ2) is 5.83. The number of nitrogens with one attached hydrogen (secondary N) is 1. The van der Waals surface area contributed by atoms with Crippen LogP contribution in [0.1, 0.15) is 27.9 Å². The first kappa shape index (κ1) is 14.0. The number of rotatable bonds is 3. The Bertz CT molecular complexity index is 567. The van der Waals surface area contributed by atoms with E-state index in [1.165, 1.54) is 0 Å². The average Bonchev–Trinajstić information content (AvgIpc) is 2.91. The number of morpholine rings is 1. The van der Waals surface area contributed by atoms with Crippen molar-refractivity contribution in [3.8, 4) is 0 Å². The molecule has 0 aromatic heterocycles. The lowest BCUT2D eigenvalue weighted by Gasteiger charge is -2.25. The molecule has 0 bridgehead atoms. The van der Waals surface area contributed by atoms with Crippen LogP contribution in [0.15, 0.2) is 18.2 Å². The predicted octanol–water partition coefficient (Wildman–Crippen LogP) is 0.605. The lowest BCUT2D eigenvalue weighted by Crippen LogP contribution is -2.41. The second-order valence-electron chi connectivity index (χ2n) is 5.44. The van der Waals surface area contributed by atoms with E-state index in [4.69, 9.17) is 9.84 Å². The number of nitrogens with zero attached hydrogens (tertiary/aromatic N) is 1. The number of benzene rings is 1. The van der Waals surface area contributed by atoms with E-state index in [0.717, 1.165) is 17.7 Å². The molecule has 0 radical (unpaired) electrons. The normalized spacial score (nSPS) is 21.1. The van der Waals surface area contributed by atoms with E-state index in [-0.39, 0.29) is 17.6 Å². The summed E-state index contributed by atoms with van der Waals surface area (Å²) >= 11 is 0. The molecule has 112 valence electrons. The molecule has 3 rings (SSSR count). The van der Waals surface area contributed by atoms with Crippen LogP contribution >= 0.6 is 0 Å². The molecule has 0 spiro atoms. The fourth-order valence-corrected chi connectivity index (χ4v) is 2.78. The van der Waals surface area contributed by atoms with Crippen molar-refractivity contribution in [1.82, 2.24) is 10.2 Å². The van der Waals surface area contributed by atoms with E-state index in [2.05, 4.69) is 5.32 Å². The van der Waals surface area contributed by atoms with Gasteiger partial charge >= 0.3 is 5.97 Å². The lowest BCUT2D eigenvalue weighted by atomic mass is 10.1. The van der Waals surface area contributed by atoms with Gasteiger partial charge in [0.25, 0.3) is 0 Å². The molecule has 6 heteroatoms. The van der Waals surface area contributed by atoms with Gasteiger partial charge in [0, 0.05) is 26.2 Å². The molecule has 21 heavy (non-hydrogen) atoms. The maximum Gasteiger partial charge on any atom is 0.335 e. The third-order valence-corrected chi connectivity index (χ3v) is 3.94. The zero-order valence-electron chi connectivity index (χ0n) is 11.7. The van der Waals surface area contributed by atoms with Crippen molar-refractivity contribution >= 4 is 11.9 Å². The third kappa shape index (κ3) is 3.06. The largest absolute Gasteiger partial charge is 0.478 e. The second-order valence-corrected chi connectivity index (χ2v) is 5.44. The van der Waals surface area contributed by atoms with Crippen LogP contribution in [-0.2, 0) is 22.6 Å². The van der Waals surface area contributed by atoms with Crippen LogP contribution in [0.5, 0.6) is 0 Å². The first-order chi connectivity index (χ1) is 10.1. The molecule has 0 saturated carbocycles. The van der Waals surface area contributed by atoms with E-state index >= 15 is 0 Å². The summed E-state index contributed by atoms with van der Waals surface area (Å²) in [6, 6.07) is 5.04. The summed E-state index contributed by atoms with van der Waals surface area (Å²) in [5.41, 5.74) is 2.21. The molecule has 1 amide bonds. The number of carbonyl (C=O) groups is 2. The molecule has 1 unspecified atom stereocenters. The number of carbonyl (C=O) groups excluding carboxylic acids is 1. The van der Waals surface area contributed by atoms with Gasteiger partial charge in [-0.15, -0.1) is 0 Å². The van der Waals surface area contributed by atoms with Gasteiger partial charge < -0.3 is 20.1 Å². The molecule has 1 saturated heterocycles. The Morgan fingerprint density at radius 3 is 2.86 bits per heavy atom. The molecular weight excluding hydrogens is 272 g/mol. The van der Waals surface area contributed by atoms with Gasteiger partial charge in [-0.2, -0.15) is 0 Å². The lowest BCUT2D eigenvalue weighted by molar-refractivity contribution is -0.135. The zero-order chi connectivity index (χ0) is 14.8. The number of carboxylic acids is 1. The minimum absolute atomic E-state index is 0.0526. The van der Waals surface area contributed by atoms with Crippen molar-refractivity contribution in [3.63, 3.8) is 0 Å². The third-order valence-electron chi connectivity index (χ3n) is 3.94. The number of ether oxygens (including phenoxy) is 1. The van der Waals surface area contributed by atoms with Crippen LogP contribution in [0.3, 0.4) is 0 Å². The molecule has 6 nitrogen and oxygen atoms in total. The molecule has 1 aromatic carbocycles. The first-order valence-electron chi connectivity index (χ1n) is 7.08. The molecule has 1 aromatic rings. The fraction of sp³-hybridized carbons (Fsp3) is 0.467. The SMILES string of the molecule is O=C(O)c1ccc2c(c1)CN(C(=O)CC1CNCCO1)C2. The quantitative estimate of drug-likeness (QED) is 0.852. The predicted molar refractivity (Wildman–Crippen MR) is 74.9 cm³/mol. The number of fused-ring (bicyclic) bond motifs is 1. The van der Waals surface area contributed by atoms with Crippen molar-refractivity contribution in [2.75, 3.05) is 19.7 Å². The highest BCUT2D eigenvalue weighted by molar-refractivity contribution is 5.88. The Hall–Kier alpha value is -1.92. The topological polar surface area (TPSA) is 78.9 Å². The minimum atomic E-state index is -0.941. The van der Waals surface area contributed by atoms with Crippen LogP contribution in [0.4, 0.5) is 0 Å². The Morgan fingerprint density at radius 2 is 2.14 bits per heavy atom. The number of hydrogen-bond acceptors (Lipinski definition) is 4. The number of aromatic carboxylic acids is 1. The smallest absolute Gasteiger partial charge is 0.335 e. The molecule has 0 aliphatic carbocycles. The van der Waals surface area contributed by atoms with E-state index in [0.29, 0.717) is 32.7 Å². The van der Waals surface area contributed by atoms with Gasteiger partial charge in [0.15, 0.2) is 0 Å². The van der Waals surface area contributed by atoms with Crippen LogP contribution in [-0.4, -0.2) is 47.7 Å². The highest BCUT2D eigenvalue weighted by Gasteiger charge is 2.27. The molecule has 2 heterocycles. The Labute approximate surface area is 122 Å². The highest BCUT2D eigenvalue weighted by atomic mass is 16.5. The minimum Gasteiger partial charge on any atom is -0.478 e. The van der Waals surface area contributed by atoms with E-state index < -0.39 is 5.97 Å². The van der Waals surface area contributed by atoms with Gasteiger partial charge in [0.1, 0.15) is 0 Å². The van der Waals surface area contributed by atoms with Crippen LogP contribution in [0.2, 0.25) is 0 Å². The van der Waals surface area contributed by atoms with Gasteiger partial charge in [0.2, 0.25) is 5.91 Å². The van der Waals surface area contributed by atoms with Crippen molar-refractivity contribution in [1.29, 1.82) is 0 Å². The summed E-state index contributed by atoms with van der Waals surface area (Å²) in [6.07, 6.45) is 0.303. The van der Waals surface area contributed by atoms with Gasteiger partial charge in [-0.3, -0.25) is 4.79 Å². The summed E-state index contributed by atoms with van der Waals surface area (Å²) in [7, 11) is 0. The summed E-state index contributed by atoms with van der Waals surface area (Å²) in [4.78, 5) is 25.0. The molecule has 1 atom stereocenters. The molecule has 1 fully saturated rings. The summed E-state index contributed by atoms with van der Waals surface area (Å²) in [5.74, 6) is -0.888. The van der Waals surface area contributed by atoms with Gasteiger partial charge in [-0.25, -0.2) is 4.79 Å².